The van der Waals surface area contributed by atoms with Gasteiger partial charge >= 0.3 is 5.97 Å². The number of carbonyl (C=O) groups is 1. The van der Waals surface area contributed by atoms with Crippen molar-refractivity contribution in [3.8, 4) is 0 Å². The number of hydrogen-bond acceptors (Lipinski definition) is 5. The van der Waals surface area contributed by atoms with Crippen molar-refractivity contribution in [1.82, 2.24) is 9.55 Å². The lowest BCUT2D eigenvalue weighted by Gasteiger charge is -2.20. The van der Waals surface area contributed by atoms with E-state index in [-0.39, 0.29) is 17.9 Å². The van der Waals surface area contributed by atoms with Gasteiger partial charge < -0.3 is 14.2 Å². The van der Waals surface area contributed by atoms with Crippen LogP contribution in [0.15, 0.2) is 17.2 Å². The van der Waals surface area contributed by atoms with Crippen LogP contribution in [0.2, 0.25) is 0 Å². The summed E-state index contributed by atoms with van der Waals surface area (Å²) in [6.45, 7) is 5.46. The largest absolute Gasteiger partial charge is 0.469 e. The van der Waals surface area contributed by atoms with Gasteiger partial charge in [-0.15, -0.1) is 0 Å². The second-order valence-electron chi connectivity index (χ2n) is 3.75. The first-order valence-corrected chi connectivity index (χ1v) is 6.01. The van der Waals surface area contributed by atoms with E-state index in [2.05, 4.69) is 9.72 Å². The van der Waals surface area contributed by atoms with Crippen LogP contribution >= 0.6 is 0 Å². The lowest BCUT2D eigenvalue weighted by atomic mass is 10.3. The smallest absolute Gasteiger partial charge is 0.307 e. The van der Waals surface area contributed by atoms with Crippen molar-refractivity contribution >= 4 is 11.8 Å². The van der Waals surface area contributed by atoms with E-state index in [0.29, 0.717) is 25.5 Å². The molecule has 0 aliphatic rings. The van der Waals surface area contributed by atoms with Crippen molar-refractivity contribution in [2.24, 2.45) is 0 Å². The second-order valence-corrected chi connectivity index (χ2v) is 3.75. The molecule has 0 aliphatic carbocycles. The lowest BCUT2D eigenvalue weighted by molar-refractivity contribution is -0.140. The zero-order valence-electron chi connectivity index (χ0n) is 11.0. The van der Waals surface area contributed by atoms with Crippen LogP contribution in [0.25, 0.3) is 0 Å². The predicted molar refractivity (Wildman–Crippen MR) is 68.7 cm³/mol. The number of anilines is 1. The van der Waals surface area contributed by atoms with Gasteiger partial charge in [0.05, 0.1) is 13.5 Å². The summed E-state index contributed by atoms with van der Waals surface area (Å²) in [4.78, 5) is 29.1. The quantitative estimate of drug-likeness (QED) is 0.697. The van der Waals surface area contributed by atoms with E-state index in [9.17, 15) is 9.59 Å². The van der Waals surface area contributed by atoms with Gasteiger partial charge in [-0.25, -0.2) is 4.98 Å². The molecule has 0 spiro atoms. The summed E-state index contributed by atoms with van der Waals surface area (Å²) in [6, 6.07) is 0. The summed E-state index contributed by atoms with van der Waals surface area (Å²) >= 11 is 0. The Morgan fingerprint density at radius 3 is 2.78 bits per heavy atom. The Kier molecular flexibility index (Phi) is 5.35. The topological polar surface area (TPSA) is 64.4 Å². The maximum atomic E-state index is 12.1. The monoisotopic (exact) mass is 253 g/mol. The highest BCUT2D eigenvalue weighted by Crippen LogP contribution is 2.04. The molecule has 0 aliphatic heterocycles. The molecule has 0 fully saturated rings. The highest BCUT2D eigenvalue weighted by molar-refractivity contribution is 5.69. The number of aromatic nitrogens is 2. The van der Waals surface area contributed by atoms with Crippen LogP contribution in [0.1, 0.15) is 20.3 Å². The van der Waals surface area contributed by atoms with Gasteiger partial charge in [0.25, 0.3) is 5.56 Å². The van der Waals surface area contributed by atoms with Gasteiger partial charge in [-0.1, -0.05) is 0 Å². The van der Waals surface area contributed by atoms with Gasteiger partial charge in [0, 0.05) is 32.0 Å². The first-order valence-electron chi connectivity index (χ1n) is 6.01. The minimum atomic E-state index is -0.291. The molecule has 18 heavy (non-hydrogen) atoms. The fraction of sp³-hybridized carbons (Fsp3) is 0.583. The Morgan fingerprint density at radius 2 is 2.22 bits per heavy atom. The molecular weight excluding hydrogens is 234 g/mol. The van der Waals surface area contributed by atoms with E-state index in [0.717, 1.165) is 0 Å². The molecule has 0 atom stereocenters. The summed E-state index contributed by atoms with van der Waals surface area (Å²) in [5.74, 6) is 0.0888. The van der Waals surface area contributed by atoms with E-state index >= 15 is 0 Å². The molecule has 100 valence electrons. The summed E-state index contributed by atoms with van der Waals surface area (Å²) in [6.07, 6.45) is 3.49. The Labute approximate surface area is 106 Å². The number of rotatable bonds is 6. The molecule has 1 aromatic rings. The molecule has 0 amide bonds. The third-order valence-electron chi connectivity index (χ3n) is 2.73. The zero-order valence-corrected chi connectivity index (χ0v) is 11.0. The summed E-state index contributed by atoms with van der Waals surface area (Å²) in [7, 11) is 1.35. The van der Waals surface area contributed by atoms with Crippen molar-refractivity contribution in [2.75, 3.05) is 25.1 Å². The standard InChI is InChI=1S/C12H19N3O3/c1-4-14(8-6-10(16)18-3)11-12(17)15(5-2)9-7-13-11/h7,9H,4-6,8H2,1-3H3. The number of esters is 1. The van der Waals surface area contributed by atoms with Crippen molar-refractivity contribution in [2.45, 2.75) is 26.8 Å². The maximum absolute atomic E-state index is 12.1. The highest BCUT2D eigenvalue weighted by atomic mass is 16.5. The fourth-order valence-corrected chi connectivity index (χ4v) is 1.64. The first-order chi connectivity index (χ1) is 8.63. The van der Waals surface area contributed by atoms with Crippen LogP contribution in [0.4, 0.5) is 5.82 Å². The van der Waals surface area contributed by atoms with Gasteiger partial charge in [-0.2, -0.15) is 0 Å². The average molecular weight is 253 g/mol. The third kappa shape index (κ3) is 3.32. The zero-order chi connectivity index (χ0) is 13.5. The fourth-order valence-electron chi connectivity index (χ4n) is 1.64. The minimum Gasteiger partial charge on any atom is -0.469 e. The minimum absolute atomic E-state index is 0.133. The van der Waals surface area contributed by atoms with E-state index in [1.807, 2.05) is 13.8 Å². The van der Waals surface area contributed by atoms with Gasteiger partial charge in [0.15, 0.2) is 5.82 Å². The van der Waals surface area contributed by atoms with Crippen LogP contribution in [0.3, 0.4) is 0 Å². The molecule has 0 N–H and O–H groups in total. The van der Waals surface area contributed by atoms with Crippen molar-refractivity contribution in [1.29, 1.82) is 0 Å². The molecule has 0 saturated heterocycles. The molecule has 6 heteroatoms. The number of nitrogens with zero attached hydrogens (tertiary/aromatic N) is 3. The SMILES string of the molecule is CCN(CCC(=O)OC)c1nccn(CC)c1=O. The Hall–Kier alpha value is -1.85. The van der Waals surface area contributed by atoms with Crippen molar-refractivity contribution in [3.63, 3.8) is 0 Å². The maximum Gasteiger partial charge on any atom is 0.307 e. The summed E-state index contributed by atoms with van der Waals surface area (Å²) < 4.78 is 6.17. The number of hydrogen-bond donors (Lipinski definition) is 0. The molecule has 0 unspecified atom stereocenters. The lowest BCUT2D eigenvalue weighted by Crippen LogP contribution is -2.34. The Balaban J connectivity index is 2.88. The molecule has 0 saturated carbocycles. The second kappa shape index (κ2) is 6.78. The van der Waals surface area contributed by atoms with Crippen molar-refractivity contribution in [3.05, 3.63) is 22.7 Å². The molecule has 1 heterocycles. The predicted octanol–water partition coefficient (Wildman–Crippen LogP) is 0.653. The van der Waals surface area contributed by atoms with Crippen molar-refractivity contribution < 1.29 is 9.53 Å². The van der Waals surface area contributed by atoms with Gasteiger partial charge in [-0.3, -0.25) is 9.59 Å². The molecule has 1 rings (SSSR count). The van der Waals surface area contributed by atoms with Crippen LogP contribution in [0.5, 0.6) is 0 Å². The van der Waals surface area contributed by atoms with Gasteiger partial charge in [0.1, 0.15) is 0 Å². The molecular formula is C12H19N3O3. The molecule has 0 aromatic carbocycles. The number of aryl methyl sites for hydroxylation is 1. The molecule has 1 aromatic heterocycles. The summed E-state index contributed by atoms with van der Waals surface area (Å²) in [5, 5.41) is 0. The van der Waals surface area contributed by atoms with Crippen LogP contribution in [0, 0.1) is 0 Å². The molecule has 0 radical (unpaired) electrons. The van der Waals surface area contributed by atoms with Crippen LogP contribution in [-0.4, -0.2) is 35.7 Å². The number of methoxy groups -OCH3 is 1. The Morgan fingerprint density at radius 1 is 1.50 bits per heavy atom. The van der Waals surface area contributed by atoms with Crippen LogP contribution in [-0.2, 0) is 16.1 Å². The number of carbonyl (C=O) groups excluding carboxylic acids is 1. The molecule has 0 bridgehead atoms. The summed E-state index contributed by atoms with van der Waals surface area (Å²) in [5.41, 5.74) is -0.133. The van der Waals surface area contributed by atoms with E-state index in [1.54, 1.807) is 21.9 Å². The van der Waals surface area contributed by atoms with E-state index in [4.69, 9.17) is 0 Å². The third-order valence-corrected chi connectivity index (χ3v) is 2.73. The Bertz CT molecular complexity index is 456. The van der Waals surface area contributed by atoms with Gasteiger partial charge in [-0.05, 0) is 13.8 Å². The molecule has 6 nitrogen and oxygen atoms in total. The first kappa shape index (κ1) is 14.2. The number of ether oxygens (including phenoxy) is 1. The van der Waals surface area contributed by atoms with E-state index in [1.165, 1.54) is 7.11 Å². The van der Waals surface area contributed by atoms with E-state index < -0.39 is 0 Å². The normalized spacial score (nSPS) is 10.2. The van der Waals surface area contributed by atoms with Gasteiger partial charge in [0.2, 0.25) is 0 Å². The highest BCUT2D eigenvalue weighted by Gasteiger charge is 2.13. The van der Waals surface area contributed by atoms with Crippen LogP contribution < -0.4 is 10.5 Å². The average Bonchev–Trinajstić information content (AvgIpc) is 2.40.